The fraction of sp³-hybridized carbons (Fsp3) is 0.0625. The Morgan fingerprint density at radius 2 is 2.17 bits per heavy atom. The maximum Gasteiger partial charge on any atom is 0.261 e. The fourth-order valence-electron chi connectivity index (χ4n) is 2.37. The Morgan fingerprint density at radius 3 is 2.96 bits per heavy atom. The number of benzene rings is 1. The smallest absolute Gasteiger partial charge is 0.261 e. The lowest BCUT2D eigenvalue weighted by Crippen LogP contribution is -2.21. The van der Waals surface area contributed by atoms with Crippen LogP contribution in [0.25, 0.3) is 21.7 Å². The van der Waals surface area contributed by atoms with E-state index < -0.39 is 0 Å². The Morgan fingerprint density at radius 1 is 1.29 bits per heavy atom. The Balaban J connectivity index is 1.73. The van der Waals surface area contributed by atoms with Gasteiger partial charge in [0.05, 0.1) is 39.4 Å². The first kappa shape index (κ1) is 15.4. The molecule has 3 heterocycles. The predicted molar refractivity (Wildman–Crippen MR) is 94.9 cm³/mol. The van der Waals surface area contributed by atoms with Crippen LogP contribution in [-0.2, 0) is 6.54 Å². The monoisotopic (exact) mass is 377 g/mol. The fourth-order valence-corrected chi connectivity index (χ4v) is 3.57. The maximum atomic E-state index is 12.6. The third-order valence-corrected chi connectivity index (χ3v) is 4.83. The highest BCUT2D eigenvalue weighted by Gasteiger charge is 2.12. The molecule has 0 fully saturated rings. The second-order valence-electron chi connectivity index (χ2n) is 5.08. The average Bonchev–Trinajstić information content (AvgIpc) is 3.21. The minimum atomic E-state index is -0.231. The minimum Gasteiger partial charge on any atom is -0.443 e. The molecule has 4 rings (SSSR count). The summed E-state index contributed by atoms with van der Waals surface area (Å²) in [5.41, 5.74) is 0.835. The molecule has 0 aliphatic carbocycles. The van der Waals surface area contributed by atoms with Crippen LogP contribution in [0.15, 0.2) is 51.4 Å². The Labute approximate surface area is 150 Å². The van der Waals surface area contributed by atoms with Crippen LogP contribution in [0.3, 0.4) is 0 Å². The van der Waals surface area contributed by atoms with Gasteiger partial charge in [-0.1, -0.05) is 29.3 Å². The van der Waals surface area contributed by atoms with Gasteiger partial charge in [0.2, 0.25) is 5.89 Å². The van der Waals surface area contributed by atoms with Crippen molar-refractivity contribution in [3.63, 3.8) is 0 Å². The number of hydrogen-bond acceptors (Lipinski definition) is 5. The molecular weight excluding hydrogens is 369 g/mol. The van der Waals surface area contributed by atoms with Crippen molar-refractivity contribution in [3.8, 4) is 10.8 Å². The predicted octanol–water partition coefficient (Wildman–Crippen LogP) is 4.47. The van der Waals surface area contributed by atoms with E-state index in [1.165, 1.54) is 28.5 Å². The molecule has 0 unspecified atom stereocenters. The van der Waals surface area contributed by atoms with Crippen LogP contribution in [0.5, 0.6) is 0 Å². The summed E-state index contributed by atoms with van der Waals surface area (Å²) in [6, 6.07) is 6.98. The largest absolute Gasteiger partial charge is 0.443 e. The molecule has 0 aliphatic rings. The first-order chi connectivity index (χ1) is 11.6. The number of fused-ring (bicyclic) bond motifs is 1. The van der Waals surface area contributed by atoms with E-state index in [-0.39, 0.29) is 12.1 Å². The van der Waals surface area contributed by atoms with Gasteiger partial charge in [0, 0.05) is 5.02 Å². The number of oxazole rings is 1. The SMILES string of the molecule is O=c1c2cc(Cl)cc(Cl)c2ncn1Cc1coc(-c2cccs2)n1. The molecule has 24 heavy (non-hydrogen) atoms. The third-order valence-electron chi connectivity index (χ3n) is 3.46. The molecule has 0 amide bonds. The van der Waals surface area contributed by atoms with Crippen molar-refractivity contribution in [3.05, 3.63) is 68.3 Å². The quantitative estimate of drug-likeness (QED) is 0.528. The molecule has 3 aromatic heterocycles. The van der Waals surface area contributed by atoms with Gasteiger partial charge in [-0.05, 0) is 23.6 Å². The topological polar surface area (TPSA) is 60.9 Å². The van der Waals surface area contributed by atoms with Gasteiger partial charge in [-0.25, -0.2) is 9.97 Å². The van der Waals surface area contributed by atoms with Crippen molar-refractivity contribution in [2.75, 3.05) is 0 Å². The van der Waals surface area contributed by atoms with E-state index in [1.807, 2.05) is 17.5 Å². The average molecular weight is 378 g/mol. The zero-order valence-electron chi connectivity index (χ0n) is 12.1. The van der Waals surface area contributed by atoms with Crippen LogP contribution in [0.1, 0.15) is 5.69 Å². The van der Waals surface area contributed by atoms with Crippen LogP contribution >= 0.6 is 34.5 Å². The normalized spacial score (nSPS) is 11.2. The van der Waals surface area contributed by atoms with E-state index >= 15 is 0 Å². The number of halogens is 2. The van der Waals surface area contributed by atoms with Gasteiger partial charge < -0.3 is 4.42 Å². The standard InChI is InChI=1S/C16H9Cl2N3O2S/c17-9-4-11-14(12(18)5-9)19-8-21(16(11)22)6-10-7-23-15(20-10)13-2-1-3-24-13/h1-5,7-8H,6H2. The molecule has 0 atom stereocenters. The summed E-state index contributed by atoms with van der Waals surface area (Å²) in [6.07, 6.45) is 2.99. The minimum absolute atomic E-state index is 0.231. The molecular formula is C16H9Cl2N3O2S. The van der Waals surface area contributed by atoms with Crippen molar-refractivity contribution in [2.45, 2.75) is 6.54 Å². The first-order valence-electron chi connectivity index (χ1n) is 6.94. The van der Waals surface area contributed by atoms with Crippen LogP contribution in [0.4, 0.5) is 0 Å². The van der Waals surface area contributed by atoms with E-state index in [9.17, 15) is 4.79 Å². The molecule has 120 valence electrons. The summed E-state index contributed by atoms with van der Waals surface area (Å²) in [7, 11) is 0. The lowest BCUT2D eigenvalue weighted by molar-refractivity contribution is 0.572. The van der Waals surface area contributed by atoms with Crippen molar-refractivity contribution >= 4 is 45.4 Å². The van der Waals surface area contributed by atoms with Crippen molar-refractivity contribution < 1.29 is 4.42 Å². The van der Waals surface area contributed by atoms with Gasteiger partial charge in [0.15, 0.2) is 0 Å². The van der Waals surface area contributed by atoms with E-state index in [4.69, 9.17) is 27.6 Å². The van der Waals surface area contributed by atoms with Gasteiger partial charge in [-0.3, -0.25) is 9.36 Å². The number of thiophene rings is 1. The maximum absolute atomic E-state index is 12.6. The Kier molecular flexibility index (Phi) is 3.88. The molecule has 0 saturated heterocycles. The van der Waals surface area contributed by atoms with Crippen molar-refractivity contribution in [1.29, 1.82) is 0 Å². The van der Waals surface area contributed by atoms with Gasteiger partial charge in [0.25, 0.3) is 5.56 Å². The highest BCUT2D eigenvalue weighted by molar-refractivity contribution is 7.13. The first-order valence-corrected chi connectivity index (χ1v) is 8.58. The number of hydrogen-bond donors (Lipinski definition) is 0. The summed E-state index contributed by atoms with van der Waals surface area (Å²) in [5, 5.41) is 3.07. The van der Waals surface area contributed by atoms with Gasteiger partial charge in [-0.2, -0.15) is 0 Å². The van der Waals surface area contributed by atoms with Crippen molar-refractivity contribution in [1.82, 2.24) is 14.5 Å². The van der Waals surface area contributed by atoms with E-state index in [0.717, 1.165) is 4.88 Å². The van der Waals surface area contributed by atoms with Crippen molar-refractivity contribution in [2.24, 2.45) is 0 Å². The van der Waals surface area contributed by atoms with Crippen LogP contribution in [-0.4, -0.2) is 14.5 Å². The zero-order chi connectivity index (χ0) is 16.7. The number of aromatic nitrogens is 3. The third kappa shape index (κ3) is 2.73. The summed E-state index contributed by atoms with van der Waals surface area (Å²) in [4.78, 5) is 22.2. The summed E-state index contributed by atoms with van der Waals surface area (Å²) in [6.45, 7) is 0.251. The zero-order valence-corrected chi connectivity index (χ0v) is 14.4. The van der Waals surface area contributed by atoms with E-state index in [2.05, 4.69) is 9.97 Å². The Hall–Kier alpha value is -2.15. The van der Waals surface area contributed by atoms with Crippen LogP contribution in [0, 0.1) is 0 Å². The molecule has 5 nitrogen and oxygen atoms in total. The molecule has 8 heteroatoms. The number of nitrogens with zero attached hydrogens (tertiary/aromatic N) is 3. The molecule has 0 saturated carbocycles. The van der Waals surface area contributed by atoms with Gasteiger partial charge in [-0.15, -0.1) is 11.3 Å². The highest BCUT2D eigenvalue weighted by atomic mass is 35.5. The van der Waals surface area contributed by atoms with E-state index in [1.54, 1.807) is 12.1 Å². The van der Waals surface area contributed by atoms with Gasteiger partial charge >= 0.3 is 0 Å². The molecule has 0 spiro atoms. The summed E-state index contributed by atoms with van der Waals surface area (Å²) in [5.74, 6) is 0.535. The number of rotatable bonds is 3. The molecule has 0 bridgehead atoms. The highest BCUT2D eigenvalue weighted by Crippen LogP contribution is 2.25. The van der Waals surface area contributed by atoms with Crippen LogP contribution < -0.4 is 5.56 Å². The second kappa shape index (κ2) is 6.05. The molecule has 0 radical (unpaired) electrons. The van der Waals surface area contributed by atoms with Crippen LogP contribution in [0.2, 0.25) is 10.0 Å². The lowest BCUT2D eigenvalue weighted by Gasteiger charge is -2.06. The Bertz CT molecular complexity index is 1090. The molecule has 0 N–H and O–H groups in total. The van der Waals surface area contributed by atoms with E-state index in [0.29, 0.717) is 32.5 Å². The van der Waals surface area contributed by atoms with Gasteiger partial charge in [0.1, 0.15) is 6.26 Å². The second-order valence-corrected chi connectivity index (χ2v) is 6.87. The molecule has 0 aliphatic heterocycles. The molecule has 4 aromatic rings. The molecule has 1 aromatic carbocycles. The summed E-state index contributed by atoms with van der Waals surface area (Å²) >= 11 is 13.6. The summed E-state index contributed by atoms with van der Waals surface area (Å²) < 4.78 is 6.92. The lowest BCUT2D eigenvalue weighted by atomic mass is 10.2.